The molecule has 0 saturated heterocycles. The number of nitriles is 1. The van der Waals surface area contributed by atoms with Gasteiger partial charge in [-0.25, -0.2) is 4.98 Å². The number of fused-ring (bicyclic) bond motifs is 1. The van der Waals surface area contributed by atoms with Crippen LogP contribution in [-0.2, 0) is 11.3 Å². The van der Waals surface area contributed by atoms with Gasteiger partial charge in [0.05, 0.1) is 11.1 Å². The van der Waals surface area contributed by atoms with E-state index < -0.39 is 0 Å². The third kappa shape index (κ3) is 1.98. The summed E-state index contributed by atoms with van der Waals surface area (Å²) in [5, 5.41) is 11.5. The van der Waals surface area contributed by atoms with Gasteiger partial charge in [-0.2, -0.15) is 5.26 Å². The van der Waals surface area contributed by atoms with Crippen LogP contribution in [0.15, 0.2) is 18.2 Å². The van der Waals surface area contributed by atoms with Crippen LogP contribution in [0.2, 0.25) is 0 Å². The maximum absolute atomic E-state index is 11.2. The Kier molecular flexibility index (Phi) is 3.15. The van der Waals surface area contributed by atoms with Gasteiger partial charge in [0, 0.05) is 20.0 Å². The molecule has 0 fully saturated rings. The number of hydrogen-bond acceptors (Lipinski definition) is 4. The smallest absolute Gasteiger partial charge is 0.221 e. The first-order valence-corrected chi connectivity index (χ1v) is 5.52. The number of anilines is 1. The molecule has 92 valence electrons. The molecule has 2 rings (SSSR count). The van der Waals surface area contributed by atoms with E-state index in [-0.39, 0.29) is 5.91 Å². The Bertz CT molecular complexity index is 638. The van der Waals surface area contributed by atoms with Gasteiger partial charge in [0.25, 0.3) is 0 Å². The number of carbonyl (C=O) groups excluding carboxylic acids is 1. The Labute approximate surface area is 104 Å². The minimum absolute atomic E-state index is 0.0623. The fraction of sp³-hybridized carbons (Fsp3) is 0.250. The van der Waals surface area contributed by atoms with E-state index in [1.807, 2.05) is 6.07 Å². The monoisotopic (exact) mass is 243 g/mol. The highest BCUT2D eigenvalue weighted by Crippen LogP contribution is 2.21. The van der Waals surface area contributed by atoms with Crippen LogP contribution in [0.3, 0.4) is 0 Å². The number of rotatable bonds is 3. The quantitative estimate of drug-likeness (QED) is 0.826. The fourth-order valence-corrected chi connectivity index (χ4v) is 1.83. The maximum atomic E-state index is 11.2. The molecule has 0 spiro atoms. The van der Waals surface area contributed by atoms with Crippen LogP contribution in [0.25, 0.3) is 11.0 Å². The Hall–Kier alpha value is -2.55. The molecule has 0 aliphatic rings. The molecule has 2 aromatic rings. The van der Waals surface area contributed by atoms with Gasteiger partial charge < -0.3 is 15.6 Å². The molecule has 1 amide bonds. The number of amides is 1. The number of carbonyl (C=O) groups is 1. The van der Waals surface area contributed by atoms with Gasteiger partial charge >= 0.3 is 0 Å². The minimum atomic E-state index is -0.0623. The van der Waals surface area contributed by atoms with Crippen LogP contribution in [0.1, 0.15) is 12.0 Å². The molecule has 18 heavy (non-hydrogen) atoms. The molecule has 0 bridgehead atoms. The number of aromatic nitrogens is 2. The van der Waals surface area contributed by atoms with Crippen LogP contribution in [0.5, 0.6) is 0 Å². The van der Waals surface area contributed by atoms with Gasteiger partial charge in [-0.05, 0) is 12.1 Å². The predicted octanol–water partition coefficient (Wildman–Crippen LogP) is 0.626. The molecule has 0 unspecified atom stereocenters. The van der Waals surface area contributed by atoms with E-state index in [1.165, 1.54) is 0 Å². The van der Waals surface area contributed by atoms with E-state index in [0.29, 0.717) is 30.0 Å². The molecule has 0 radical (unpaired) electrons. The zero-order chi connectivity index (χ0) is 13.1. The van der Waals surface area contributed by atoms with Gasteiger partial charge in [-0.15, -0.1) is 0 Å². The summed E-state index contributed by atoms with van der Waals surface area (Å²) in [5.74, 6) is 0.254. The van der Waals surface area contributed by atoms with Crippen molar-refractivity contribution >= 4 is 22.9 Å². The summed E-state index contributed by atoms with van der Waals surface area (Å²) in [6, 6.07) is 7.38. The van der Waals surface area contributed by atoms with Gasteiger partial charge in [0.15, 0.2) is 0 Å². The third-order valence-electron chi connectivity index (χ3n) is 2.77. The first kappa shape index (κ1) is 11.9. The van der Waals surface area contributed by atoms with Crippen molar-refractivity contribution in [3.05, 3.63) is 23.8 Å². The lowest BCUT2D eigenvalue weighted by Gasteiger charge is -2.05. The van der Waals surface area contributed by atoms with Crippen molar-refractivity contribution < 1.29 is 4.79 Å². The Morgan fingerprint density at radius 3 is 3.06 bits per heavy atom. The number of para-hydroxylation sites is 1. The van der Waals surface area contributed by atoms with E-state index in [4.69, 9.17) is 11.0 Å². The SMILES string of the molecule is CNC(=O)CCn1c(N)nc2c(C#N)cccc21. The number of nitrogen functional groups attached to an aromatic ring is 1. The molecule has 3 N–H and O–H groups in total. The second-order valence-corrected chi connectivity index (χ2v) is 3.83. The van der Waals surface area contributed by atoms with Gasteiger partial charge in [0.2, 0.25) is 11.9 Å². The summed E-state index contributed by atoms with van der Waals surface area (Å²) in [4.78, 5) is 15.4. The molecule has 0 atom stereocenters. The number of nitrogens with two attached hydrogens (primary N) is 1. The molecular weight excluding hydrogens is 230 g/mol. The van der Waals surface area contributed by atoms with Crippen molar-refractivity contribution in [2.75, 3.05) is 12.8 Å². The number of aryl methyl sites for hydroxylation is 1. The molecule has 0 aliphatic carbocycles. The van der Waals surface area contributed by atoms with Crippen molar-refractivity contribution in [1.29, 1.82) is 5.26 Å². The van der Waals surface area contributed by atoms with Crippen LogP contribution in [-0.4, -0.2) is 22.5 Å². The summed E-state index contributed by atoms with van der Waals surface area (Å²) >= 11 is 0. The molecule has 6 nitrogen and oxygen atoms in total. The van der Waals surface area contributed by atoms with E-state index in [2.05, 4.69) is 16.4 Å². The standard InChI is InChI=1S/C12H13N5O/c1-15-10(18)5-6-17-9-4-2-3-8(7-13)11(9)16-12(17)14/h2-4H,5-6H2,1H3,(H2,14,16)(H,15,18). The van der Waals surface area contributed by atoms with Gasteiger partial charge in [-0.1, -0.05) is 6.07 Å². The zero-order valence-corrected chi connectivity index (χ0v) is 9.97. The highest BCUT2D eigenvalue weighted by Gasteiger charge is 2.11. The topological polar surface area (TPSA) is 96.7 Å². The summed E-state index contributed by atoms with van der Waals surface area (Å²) in [6.07, 6.45) is 0.322. The lowest BCUT2D eigenvalue weighted by molar-refractivity contribution is -0.120. The van der Waals surface area contributed by atoms with Crippen LogP contribution >= 0.6 is 0 Å². The average molecular weight is 243 g/mol. The molecule has 1 aromatic heterocycles. The molecular formula is C12H13N5O. The molecule has 0 saturated carbocycles. The van der Waals surface area contributed by atoms with Gasteiger partial charge in [0.1, 0.15) is 11.6 Å². The van der Waals surface area contributed by atoms with Crippen molar-refractivity contribution in [1.82, 2.24) is 14.9 Å². The van der Waals surface area contributed by atoms with E-state index in [0.717, 1.165) is 5.52 Å². The summed E-state index contributed by atoms with van der Waals surface area (Å²) in [5.41, 5.74) is 7.65. The van der Waals surface area contributed by atoms with Crippen molar-refractivity contribution in [2.24, 2.45) is 0 Å². The number of nitrogens with zero attached hydrogens (tertiary/aromatic N) is 3. The maximum Gasteiger partial charge on any atom is 0.221 e. The summed E-state index contributed by atoms with van der Waals surface area (Å²) in [7, 11) is 1.59. The normalized spacial score (nSPS) is 10.2. The fourth-order valence-electron chi connectivity index (χ4n) is 1.83. The molecule has 0 aliphatic heterocycles. The Morgan fingerprint density at radius 1 is 1.61 bits per heavy atom. The molecule has 1 heterocycles. The first-order chi connectivity index (χ1) is 8.67. The van der Waals surface area contributed by atoms with E-state index >= 15 is 0 Å². The highest BCUT2D eigenvalue weighted by molar-refractivity contribution is 5.84. The van der Waals surface area contributed by atoms with Crippen LogP contribution in [0, 0.1) is 11.3 Å². The number of benzene rings is 1. The third-order valence-corrected chi connectivity index (χ3v) is 2.77. The highest BCUT2D eigenvalue weighted by atomic mass is 16.1. The number of imidazole rings is 1. The van der Waals surface area contributed by atoms with Crippen LogP contribution in [0.4, 0.5) is 5.95 Å². The Morgan fingerprint density at radius 2 is 2.39 bits per heavy atom. The van der Waals surface area contributed by atoms with E-state index in [9.17, 15) is 4.79 Å². The van der Waals surface area contributed by atoms with Crippen molar-refractivity contribution in [2.45, 2.75) is 13.0 Å². The second-order valence-electron chi connectivity index (χ2n) is 3.83. The molecule has 1 aromatic carbocycles. The van der Waals surface area contributed by atoms with Crippen LogP contribution < -0.4 is 11.1 Å². The predicted molar refractivity (Wildman–Crippen MR) is 67.5 cm³/mol. The number of hydrogen-bond donors (Lipinski definition) is 2. The zero-order valence-electron chi connectivity index (χ0n) is 9.97. The van der Waals surface area contributed by atoms with Crippen molar-refractivity contribution in [3.8, 4) is 6.07 Å². The Balaban J connectivity index is 2.42. The van der Waals surface area contributed by atoms with E-state index in [1.54, 1.807) is 23.7 Å². The summed E-state index contributed by atoms with van der Waals surface area (Å²) < 4.78 is 1.74. The minimum Gasteiger partial charge on any atom is -0.369 e. The van der Waals surface area contributed by atoms with Crippen molar-refractivity contribution in [3.63, 3.8) is 0 Å². The van der Waals surface area contributed by atoms with Gasteiger partial charge in [-0.3, -0.25) is 4.79 Å². The first-order valence-electron chi connectivity index (χ1n) is 5.52. The summed E-state index contributed by atoms with van der Waals surface area (Å²) in [6.45, 7) is 0.441. The number of nitrogens with one attached hydrogen (secondary N) is 1. The largest absolute Gasteiger partial charge is 0.369 e. The lowest BCUT2D eigenvalue weighted by Crippen LogP contribution is -2.19. The molecule has 6 heteroatoms. The average Bonchev–Trinajstić information content (AvgIpc) is 2.71. The lowest BCUT2D eigenvalue weighted by atomic mass is 10.2. The second kappa shape index (κ2) is 4.75.